The molecule has 1 aliphatic carbocycles. The second-order valence-corrected chi connectivity index (χ2v) is 7.50. The zero-order valence-corrected chi connectivity index (χ0v) is 13.9. The molecule has 1 saturated carbocycles. The summed E-state index contributed by atoms with van der Waals surface area (Å²) in [6.07, 6.45) is 1.22. The zero-order valence-electron chi connectivity index (χ0n) is 13.9. The number of fused-ring (bicyclic) bond motifs is 1. The first kappa shape index (κ1) is 16.3. The van der Waals surface area contributed by atoms with Crippen molar-refractivity contribution in [3.8, 4) is 0 Å². The van der Waals surface area contributed by atoms with Gasteiger partial charge in [0.1, 0.15) is 6.17 Å². The van der Waals surface area contributed by atoms with E-state index in [0.717, 1.165) is 6.42 Å². The van der Waals surface area contributed by atoms with Crippen molar-refractivity contribution in [2.24, 2.45) is 11.8 Å². The van der Waals surface area contributed by atoms with Crippen molar-refractivity contribution in [1.29, 1.82) is 0 Å². The molecule has 3 heterocycles. The summed E-state index contributed by atoms with van der Waals surface area (Å²) in [6.45, 7) is 3.84. The Hall–Kier alpha value is -1.21. The van der Waals surface area contributed by atoms with E-state index in [1.807, 2.05) is 9.80 Å². The number of alkyl halides is 1. The van der Waals surface area contributed by atoms with Gasteiger partial charge in [0.05, 0.1) is 31.8 Å². The molecule has 2 amide bonds. The van der Waals surface area contributed by atoms with Crippen LogP contribution in [0.1, 0.15) is 25.7 Å². The van der Waals surface area contributed by atoms with Crippen LogP contribution in [0.3, 0.4) is 0 Å². The predicted molar refractivity (Wildman–Crippen MR) is 83.0 cm³/mol. The van der Waals surface area contributed by atoms with Gasteiger partial charge in [0.25, 0.3) is 0 Å². The molecule has 4 aliphatic rings. The first-order valence-corrected chi connectivity index (χ1v) is 9.04. The van der Waals surface area contributed by atoms with Crippen LogP contribution in [0.25, 0.3) is 0 Å². The zero-order chi connectivity index (χ0) is 16.7. The summed E-state index contributed by atoms with van der Waals surface area (Å²) >= 11 is 0. The molecule has 0 N–H and O–H groups in total. The number of amides is 2. The van der Waals surface area contributed by atoms with E-state index in [4.69, 9.17) is 9.47 Å². The lowest BCUT2D eigenvalue weighted by molar-refractivity contribution is -0.141. The monoisotopic (exact) mass is 340 g/mol. The number of morpholine rings is 1. The molecule has 3 atom stereocenters. The Morgan fingerprint density at radius 2 is 1.79 bits per heavy atom. The molecule has 6 nitrogen and oxygen atoms in total. The number of carbonyl (C=O) groups excluding carboxylic acids is 2. The van der Waals surface area contributed by atoms with Crippen LogP contribution < -0.4 is 0 Å². The van der Waals surface area contributed by atoms with Crippen molar-refractivity contribution < 1.29 is 23.5 Å². The molecule has 134 valence electrons. The molecule has 0 spiro atoms. The molecule has 0 aromatic heterocycles. The number of hydrogen-bond donors (Lipinski definition) is 0. The van der Waals surface area contributed by atoms with Gasteiger partial charge >= 0.3 is 0 Å². The average Bonchev–Trinajstić information content (AvgIpc) is 3.10. The van der Waals surface area contributed by atoms with E-state index in [9.17, 15) is 14.0 Å². The van der Waals surface area contributed by atoms with Gasteiger partial charge in [-0.05, 0) is 19.3 Å². The second kappa shape index (κ2) is 6.59. The molecule has 0 bridgehead atoms. The largest absolute Gasteiger partial charge is 0.378 e. The quantitative estimate of drug-likeness (QED) is 0.755. The highest BCUT2D eigenvalue weighted by Gasteiger charge is 2.46. The Morgan fingerprint density at radius 3 is 2.46 bits per heavy atom. The maximum absolute atomic E-state index is 12.9. The van der Waals surface area contributed by atoms with Crippen LogP contribution in [0.2, 0.25) is 0 Å². The lowest BCUT2D eigenvalue weighted by atomic mass is 9.82. The Kier molecular flexibility index (Phi) is 4.47. The molecule has 4 rings (SSSR count). The minimum atomic E-state index is -0.798. The Morgan fingerprint density at radius 1 is 1.04 bits per heavy atom. The van der Waals surface area contributed by atoms with Crippen molar-refractivity contribution in [2.75, 3.05) is 39.4 Å². The third-order valence-electron chi connectivity index (χ3n) is 5.82. The van der Waals surface area contributed by atoms with Crippen LogP contribution in [0.5, 0.6) is 0 Å². The van der Waals surface area contributed by atoms with Crippen molar-refractivity contribution in [2.45, 2.75) is 44.1 Å². The summed E-state index contributed by atoms with van der Waals surface area (Å²) < 4.78 is 24.2. The van der Waals surface area contributed by atoms with Gasteiger partial charge in [0.15, 0.2) is 0 Å². The van der Waals surface area contributed by atoms with Crippen molar-refractivity contribution >= 4 is 11.8 Å². The van der Waals surface area contributed by atoms with E-state index in [-0.39, 0.29) is 29.9 Å². The topological polar surface area (TPSA) is 59.1 Å². The standard InChI is InChI=1S/C17H25FN2O4/c18-13-5-11(6-13)17(22)20-9-12-7-14(24-15(12)10-20)8-16(21)19-1-3-23-4-2-19/h11-15H,1-10H2/t11?,12-,13?,14-,15+/m0/s1. The van der Waals surface area contributed by atoms with Crippen molar-refractivity contribution in [3.63, 3.8) is 0 Å². The first-order chi connectivity index (χ1) is 11.6. The summed E-state index contributed by atoms with van der Waals surface area (Å²) in [4.78, 5) is 28.3. The number of ether oxygens (including phenoxy) is 2. The van der Waals surface area contributed by atoms with Crippen molar-refractivity contribution in [1.82, 2.24) is 9.80 Å². The number of nitrogens with zero attached hydrogens (tertiary/aromatic N) is 2. The molecule has 4 fully saturated rings. The third-order valence-corrected chi connectivity index (χ3v) is 5.82. The summed E-state index contributed by atoms with van der Waals surface area (Å²) in [5.74, 6) is 0.415. The SMILES string of the molecule is O=C(C[C@@H]1C[C@H]2CN(C(=O)C3CC(F)C3)C[C@H]2O1)N1CCOCC1. The molecule has 0 aromatic carbocycles. The Balaban J connectivity index is 1.24. The molecule has 24 heavy (non-hydrogen) atoms. The van der Waals surface area contributed by atoms with E-state index >= 15 is 0 Å². The normalized spacial score (nSPS) is 38.8. The summed E-state index contributed by atoms with van der Waals surface area (Å²) in [5, 5.41) is 0. The highest BCUT2D eigenvalue weighted by atomic mass is 19.1. The minimum Gasteiger partial charge on any atom is -0.378 e. The number of carbonyl (C=O) groups is 2. The van der Waals surface area contributed by atoms with Gasteiger partial charge in [-0.2, -0.15) is 0 Å². The molecular formula is C17H25FN2O4. The van der Waals surface area contributed by atoms with E-state index in [2.05, 4.69) is 0 Å². The fourth-order valence-corrected chi connectivity index (χ4v) is 4.32. The van der Waals surface area contributed by atoms with Gasteiger partial charge in [0.2, 0.25) is 11.8 Å². The molecular weight excluding hydrogens is 315 g/mol. The van der Waals surface area contributed by atoms with Crippen LogP contribution in [-0.4, -0.2) is 79.4 Å². The third kappa shape index (κ3) is 3.16. The van der Waals surface area contributed by atoms with Gasteiger partial charge in [-0.1, -0.05) is 0 Å². The van der Waals surface area contributed by atoms with Gasteiger partial charge in [-0.15, -0.1) is 0 Å². The van der Waals surface area contributed by atoms with Gasteiger partial charge in [-0.25, -0.2) is 4.39 Å². The number of hydrogen-bond acceptors (Lipinski definition) is 4. The molecule has 7 heteroatoms. The lowest BCUT2D eigenvalue weighted by Crippen LogP contribution is -2.43. The Labute approximate surface area is 141 Å². The van der Waals surface area contributed by atoms with E-state index < -0.39 is 6.17 Å². The number of rotatable bonds is 3. The van der Waals surface area contributed by atoms with E-state index in [1.54, 1.807) is 0 Å². The molecule has 0 radical (unpaired) electrons. The van der Waals surface area contributed by atoms with Crippen LogP contribution >= 0.6 is 0 Å². The second-order valence-electron chi connectivity index (χ2n) is 7.50. The predicted octanol–water partition coefficient (Wildman–Crippen LogP) is 0.599. The van der Waals surface area contributed by atoms with Gasteiger partial charge < -0.3 is 19.3 Å². The maximum atomic E-state index is 12.9. The molecule has 3 aliphatic heterocycles. The highest BCUT2D eigenvalue weighted by molar-refractivity contribution is 5.80. The van der Waals surface area contributed by atoms with Gasteiger partial charge in [0, 0.05) is 38.0 Å². The molecule has 0 unspecified atom stereocenters. The molecule has 3 saturated heterocycles. The van der Waals surface area contributed by atoms with Gasteiger partial charge in [-0.3, -0.25) is 9.59 Å². The van der Waals surface area contributed by atoms with E-state index in [0.29, 0.717) is 64.6 Å². The van der Waals surface area contributed by atoms with Crippen LogP contribution in [0.4, 0.5) is 4.39 Å². The fourth-order valence-electron chi connectivity index (χ4n) is 4.32. The highest BCUT2D eigenvalue weighted by Crippen LogP contribution is 2.38. The molecule has 0 aromatic rings. The summed E-state index contributed by atoms with van der Waals surface area (Å²) in [6, 6.07) is 0. The van der Waals surface area contributed by atoms with Crippen LogP contribution in [0, 0.1) is 11.8 Å². The first-order valence-electron chi connectivity index (χ1n) is 9.04. The van der Waals surface area contributed by atoms with Crippen LogP contribution in [-0.2, 0) is 19.1 Å². The average molecular weight is 340 g/mol. The van der Waals surface area contributed by atoms with Crippen LogP contribution in [0.15, 0.2) is 0 Å². The minimum absolute atomic E-state index is 0.0356. The van der Waals surface area contributed by atoms with E-state index in [1.165, 1.54) is 0 Å². The lowest BCUT2D eigenvalue weighted by Gasteiger charge is -2.32. The fraction of sp³-hybridized carbons (Fsp3) is 0.882. The Bertz CT molecular complexity index is 491. The maximum Gasteiger partial charge on any atom is 0.225 e. The van der Waals surface area contributed by atoms with Crippen molar-refractivity contribution in [3.05, 3.63) is 0 Å². The number of halogens is 1. The summed E-state index contributed by atoms with van der Waals surface area (Å²) in [5.41, 5.74) is 0. The summed E-state index contributed by atoms with van der Waals surface area (Å²) in [7, 11) is 0. The number of likely N-dealkylation sites (tertiary alicyclic amines) is 1. The smallest absolute Gasteiger partial charge is 0.225 e.